The molecule has 2 heterocycles. The molecule has 4 nitrogen and oxygen atoms in total. The maximum absolute atomic E-state index is 13.9. The fourth-order valence-electron chi connectivity index (χ4n) is 2.25. The lowest BCUT2D eigenvalue weighted by atomic mass is 10.2. The SMILES string of the molecule is Cn1c(=O)n(Cc2c(F)cccc2Cl)c2cnccc21. The van der Waals surface area contributed by atoms with E-state index in [0.717, 1.165) is 5.52 Å². The molecule has 3 rings (SSSR count). The minimum atomic E-state index is -0.426. The van der Waals surface area contributed by atoms with Crippen LogP contribution in [0, 0.1) is 5.82 Å². The molecule has 0 aliphatic rings. The smallest absolute Gasteiger partial charge is 0.295 e. The van der Waals surface area contributed by atoms with Crippen molar-refractivity contribution >= 4 is 22.6 Å². The molecule has 0 spiro atoms. The largest absolute Gasteiger partial charge is 0.329 e. The van der Waals surface area contributed by atoms with E-state index < -0.39 is 5.82 Å². The zero-order valence-corrected chi connectivity index (χ0v) is 11.4. The van der Waals surface area contributed by atoms with Gasteiger partial charge < -0.3 is 0 Å². The maximum atomic E-state index is 13.9. The van der Waals surface area contributed by atoms with E-state index in [1.807, 2.05) is 0 Å². The van der Waals surface area contributed by atoms with Crippen LogP contribution in [0.2, 0.25) is 5.02 Å². The normalized spacial score (nSPS) is 11.2. The third kappa shape index (κ3) is 1.91. The van der Waals surface area contributed by atoms with Gasteiger partial charge in [0.05, 0.1) is 23.8 Å². The molecule has 0 bridgehead atoms. The first kappa shape index (κ1) is 12.9. The number of nitrogens with zero attached hydrogens (tertiary/aromatic N) is 3. The summed E-state index contributed by atoms with van der Waals surface area (Å²) in [4.78, 5) is 16.3. The van der Waals surface area contributed by atoms with Crippen molar-refractivity contribution in [1.82, 2.24) is 14.1 Å². The molecule has 0 N–H and O–H groups in total. The zero-order valence-electron chi connectivity index (χ0n) is 10.7. The molecule has 3 aromatic rings. The number of pyridine rings is 1. The fourth-order valence-corrected chi connectivity index (χ4v) is 2.47. The monoisotopic (exact) mass is 291 g/mol. The Morgan fingerprint density at radius 2 is 2.10 bits per heavy atom. The third-order valence-electron chi connectivity index (χ3n) is 3.33. The van der Waals surface area contributed by atoms with Crippen LogP contribution in [0.15, 0.2) is 41.5 Å². The lowest BCUT2D eigenvalue weighted by Gasteiger charge is -2.07. The minimum Gasteiger partial charge on any atom is -0.295 e. The number of rotatable bonds is 2. The van der Waals surface area contributed by atoms with Crippen molar-refractivity contribution in [2.75, 3.05) is 0 Å². The van der Waals surface area contributed by atoms with Crippen LogP contribution in [0.3, 0.4) is 0 Å². The lowest BCUT2D eigenvalue weighted by Crippen LogP contribution is -2.23. The van der Waals surface area contributed by atoms with E-state index in [1.165, 1.54) is 21.3 Å². The van der Waals surface area contributed by atoms with Gasteiger partial charge in [-0.15, -0.1) is 0 Å². The minimum absolute atomic E-state index is 0.0768. The average Bonchev–Trinajstić information content (AvgIpc) is 2.68. The summed E-state index contributed by atoms with van der Waals surface area (Å²) in [6.45, 7) is 0.0768. The number of imidazole rings is 1. The second kappa shape index (κ2) is 4.76. The van der Waals surface area contributed by atoms with Crippen LogP contribution < -0.4 is 5.69 Å². The van der Waals surface area contributed by atoms with Crippen LogP contribution in [0.4, 0.5) is 4.39 Å². The number of fused-ring (bicyclic) bond motifs is 1. The first-order valence-corrected chi connectivity index (χ1v) is 6.39. The molecule has 0 fully saturated rings. The molecule has 2 aromatic heterocycles. The van der Waals surface area contributed by atoms with Crippen LogP contribution in [0.5, 0.6) is 0 Å². The number of hydrogen-bond acceptors (Lipinski definition) is 2. The zero-order chi connectivity index (χ0) is 14.3. The second-order valence-electron chi connectivity index (χ2n) is 4.49. The molecule has 0 saturated heterocycles. The Morgan fingerprint density at radius 1 is 1.30 bits per heavy atom. The number of halogens is 2. The van der Waals surface area contributed by atoms with Crippen LogP contribution >= 0.6 is 11.6 Å². The maximum Gasteiger partial charge on any atom is 0.329 e. The van der Waals surface area contributed by atoms with E-state index in [2.05, 4.69) is 4.98 Å². The third-order valence-corrected chi connectivity index (χ3v) is 3.68. The quantitative estimate of drug-likeness (QED) is 0.728. The first-order valence-electron chi connectivity index (χ1n) is 6.01. The van der Waals surface area contributed by atoms with Gasteiger partial charge in [-0.05, 0) is 18.2 Å². The summed E-state index contributed by atoms with van der Waals surface area (Å²) >= 11 is 6.01. The van der Waals surface area contributed by atoms with E-state index in [-0.39, 0.29) is 12.2 Å². The average molecular weight is 292 g/mol. The molecule has 0 aliphatic carbocycles. The summed E-state index contributed by atoms with van der Waals surface area (Å²) < 4.78 is 16.8. The van der Waals surface area contributed by atoms with Gasteiger partial charge in [0.15, 0.2) is 0 Å². The Morgan fingerprint density at radius 3 is 2.85 bits per heavy atom. The van der Waals surface area contributed by atoms with Gasteiger partial charge in [-0.3, -0.25) is 14.1 Å². The molecule has 0 aliphatic heterocycles. The molecule has 0 unspecified atom stereocenters. The van der Waals surface area contributed by atoms with Crippen molar-refractivity contribution in [2.45, 2.75) is 6.54 Å². The lowest BCUT2D eigenvalue weighted by molar-refractivity contribution is 0.597. The number of aromatic nitrogens is 3. The Bertz CT molecular complexity index is 833. The Labute approximate surface area is 119 Å². The highest BCUT2D eigenvalue weighted by atomic mass is 35.5. The fraction of sp³-hybridized carbons (Fsp3) is 0.143. The summed E-state index contributed by atoms with van der Waals surface area (Å²) in [5.74, 6) is -0.426. The van der Waals surface area contributed by atoms with Gasteiger partial charge in [0.25, 0.3) is 0 Å². The molecule has 0 amide bonds. The highest BCUT2D eigenvalue weighted by Gasteiger charge is 2.14. The van der Waals surface area contributed by atoms with Crippen molar-refractivity contribution in [3.63, 3.8) is 0 Å². The van der Waals surface area contributed by atoms with Crippen LogP contribution in [-0.4, -0.2) is 14.1 Å². The topological polar surface area (TPSA) is 39.8 Å². The van der Waals surface area contributed by atoms with Gasteiger partial charge in [-0.25, -0.2) is 9.18 Å². The van der Waals surface area contributed by atoms with E-state index in [1.54, 1.807) is 31.6 Å². The standard InChI is InChI=1S/C14H11ClFN3O/c1-18-12-5-6-17-7-13(12)19(14(18)20)8-9-10(15)3-2-4-11(9)16/h2-7H,8H2,1H3. The van der Waals surface area contributed by atoms with Crippen molar-refractivity contribution in [1.29, 1.82) is 0 Å². The molecule has 0 radical (unpaired) electrons. The van der Waals surface area contributed by atoms with E-state index in [9.17, 15) is 9.18 Å². The number of hydrogen-bond donors (Lipinski definition) is 0. The number of aryl methyl sites for hydroxylation is 1. The second-order valence-corrected chi connectivity index (χ2v) is 4.90. The van der Waals surface area contributed by atoms with Gasteiger partial charge in [0, 0.05) is 23.8 Å². The van der Waals surface area contributed by atoms with Crippen molar-refractivity contribution in [3.05, 3.63) is 63.5 Å². The van der Waals surface area contributed by atoms with Crippen molar-refractivity contribution < 1.29 is 4.39 Å². The Hall–Kier alpha value is -2.14. The molecule has 6 heteroatoms. The molecule has 0 saturated carbocycles. The summed E-state index contributed by atoms with van der Waals surface area (Å²) in [5.41, 5.74) is 1.47. The van der Waals surface area contributed by atoms with Gasteiger partial charge >= 0.3 is 5.69 Å². The van der Waals surface area contributed by atoms with Gasteiger partial charge in [0.2, 0.25) is 0 Å². The van der Waals surface area contributed by atoms with Gasteiger partial charge in [0.1, 0.15) is 5.82 Å². The van der Waals surface area contributed by atoms with Gasteiger partial charge in [-0.2, -0.15) is 0 Å². The van der Waals surface area contributed by atoms with Crippen LogP contribution in [0.1, 0.15) is 5.56 Å². The van der Waals surface area contributed by atoms with Crippen molar-refractivity contribution in [3.8, 4) is 0 Å². The highest BCUT2D eigenvalue weighted by molar-refractivity contribution is 6.31. The highest BCUT2D eigenvalue weighted by Crippen LogP contribution is 2.21. The Balaban J connectivity index is 2.22. The summed E-state index contributed by atoms with van der Waals surface area (Å²) in [6.07, 6.45) is 3.20. The number of benzene rings is 1. The predicted molar refractivity (Wildman–Crippen MR) is 75.5 cm³/mol. The molecule has 20 heavy (non-hydrogen) atoms. The summed E-state index contributed by atoms with van der Waals surface area (Å²) in [5, 5.41) is 0.304. The molecular formula is C14H11ClFN3O. The van der Waals surface area contributed by atoms with E-state index in [4.69, 9.17) is 11.6 Å². The molecule has 1 aromatic carbocycles. The van der Waals surface area contributed by atoms with Crippen LogP contribution in [0.25, 0.3) is 11.0 Å². The summed E-state index contributed by atoms with van der Waals surface area (Å²) in [7, 11) is 1.67. The molecular weight excluding hydrogens is 281 g/mol. The van der Waals surface area contributed by atoms with E-state index >= 15 is 0 Å². The Kier molecular flexibility index (Phi) is 3.06. The van der Waals surface area contributed by atoms with Crippen LogP contribution in [-0.2, 0) is 13.6 Å². The van der Waals surface area contributed by atoms with Crippen molar-refractivity contribution in [2.24, 2.45) is 7.05 Å². The predicted octanol–water partition coefficient (Wildman–Crippen LogP) is 2.58. The first-order chi connectivity index (χ1) is 9.59. The van der Waals surface area contributed by atoms with E-state index in [0.29, 0.717) is 16.1 Å². The van der Waals surface area contributed by atoms with Gasteiger partial charge in [-0.1, -0.05) is 17.7 Å². The molecule has 102 valence electrons. The molecule has 0 atom stereocenters. The summed E-state index contributed by atoms with van der Waals surface area (Å²) in [6, 6.07) is 6.22.